The lowest BCUT2D eigenvalue weighted by molar-refractivity contribution is -0.137. The fraction of sp³-hybridized carbons (Fsp3) is 0.320. The first-order valence-corrected chi connectivity index (χ1v) is 10.6. The smallest absolute Gasteiger partial charge is 0.416 e. The summed E-state index contributed by atoms with van der Waals surface area (Å²) in [6, 6.07) is 14.4. The highest BCUT2D eigenvalue weighted by Gasteiger charge is 2.30. The summed E-state index contributed by atoms with van der Waals surface area (Å²) in [6.45, 7) is 4.01. The van der Waals surface area contributed by atoms with Crippen LogP contribution in [-0.4, -0.2) is 35.6 Å². The fourth-order valence-corrected chi connectivity index (χ4v) is 3.27. The monoisotopic (exact) mass is 460 g/mol. The molecule has 1 heterocycles. The van der Waals surface area contributed by atoms with Crippen molar-refractivity contribution in [2.75, 3.05) is 13.2 Å². The number of aliphatic hydroxyl groups excluding tert-OH is 1. The van der Waals surface area contributed by atoms with Gasteiger partial charge in [0.15, 0.2) is 5.76 Å². The van der Waals surface area contributed by atoms with E-state index < -0.39 is 17.8 Å². The van der Waals surface area contributed by atoms with Crippen LogP contribution in [0.5, 0.6) is 5.75 Å². The van der Waals surface area contributed by atoms with Gasteiger partial charge in [-0.25, -0.2) is 0 Å². The molecule has 0 saturated heterocycles. The Morgan fingerprint density at radius 3 is 2.64 bits per heavy atom. The summed E-state index contributed by atoms with van der Waals surface area (Å²) in [6.07, 6.45) is -1.11. The average molecular weight is 460 g/mol. The molecule has 0 aliphatic heterocycles. The molecule has 0 aliphatic carbocycles. The molecule has 3 aromatic rings. The highest BCUT2D eigenvalue weighted by Crippen LogP contribution is 2.29. The Morgan fingerprint density at radius 1 is 1.12 bits per heavy atom. The van der Waals surface area contributed by atoms with E-state index in [1.807, 2.05) is 50.3 Å². The summed E-state index contributed by atoms with van der Waals surface area (Å²) in [4.78, 5) is 0. The average Bonchev–Trinajstić information content (AvgIpc) is 3.20. The first-order valence-electron chi connectivity index (χ1n) is 10.6. The van der Waals surface area contributed by atoms with Crippen molar-refractivity contribution < 1.29 is 27.5 Å². The van der Waals surface area contributed by atoms with Crippen molar-refractivity contribution in [3.8, 4) is 5.75 Å². The van der Waals surface area contributed by atoms with Gasteiger partial charge < -0.3 is 19.7 Å². The van der Waals surface area contributed by atoms with Gasteiger partial charge in [-0.15, -0.1) is 0 Å². The molecule has 0 bridgehead atoms. The summed E-state index contributed by atoms with van der Waals surface area (Å²) in [5.41, 5.74) is 1.53. The van der Waals surface area contributed by atoms with Crippen molar-refractivity contribution in [2.24, 2.45) is 0 Å². The molecule has 0 amide bonds. The SMILES string of the molecule is Cc1cc(/C=C\c2ccccc2OCC(O)CNC(C)Cc2cccc(C(F)(F)F)c2)on1. The summed E-state index contributed by atoms with van der Waals surface area (Å²) in [5, 5.41) is 17.3. The maximum atomic E-state index is 12.9. The van der Waals surface area contributed by atoms with Gasteiger partial charge in [0.2, 0.25) is 0 Å². The van der Waals surface area contributed by atoms with Crippen LogP contribution in [0.2, 0.25) is 0 Å². The highest BCUT2D eigenvalue weighted by molar-refractivity contribution is 5.70. The molecule has 8 heteroatoms. The number of nitrogens with zero attached hydrogens (tertiary/aromatic N) is 1. The van der Waals surface area contributed by atoms with Crippen LogP contribution in [-0.2, 0) is 12.6 Å². The summed E-state index contributed by atoms with van der Waals surface area (Å²) < 4.78 is 49.6. The standard InChI is InChI=1S/C25H27F3N2O3/c1-17(12-19-6-5-8-21(14-19)25(26,27)28)29-15-22(31)16-32-24-9-4-3-7-20(24)10-11-23-13-18(2)30-33-23/h3-11,13-14,17,22,29,31H,12,15-16H2,1-2H3/b11-10-. The second-order valence-corrected chi connectivity index (χ2v) is 7.92. The van der Waals surface area contributed by atoms with Gasteiger partial charge in [0.25, 0.3) is 0 Å². The second-order valence-electron chi connectivity index (χ2n) is 7.92. The van der Waals surface area contributed by atoms with Crippen LogP contribution in [0, 0.1) is 6.92 Å². The van der Waals surface area contributed by atoms with Crippen LogP contribution >= 0.6 is 0 Å². The molecule has 176 valence electrons. The van der Waals surface area contributed by atoms with E-state index in [0.717, 1.165) is 23.4 Å². The number of hydrogen-bond donors (Lipinski definition) is 2. The summed E-state index contributed by atoms with van der Waals surface area (Å²) in [5.74, 6) is 1.24. The molecule has 0 spiro atoms. The van der Waals surface area contributed by atoms with E-state index in [1.165, 1.54) is 6.07 Å². The second kappa shape index (κ2) is 11.2. The van der Waals surface area contributed by atoms with E-state index in [9.17, 15) is 18.3 Å². The number of aromatic nitrogens is 1. The Bertz CT molecular complexity index is 1060. The third-order valence-corrected chi connectivity index (χ3v) is 4.92. The van der Waals surface area contributed by atoms with Gasteiger partial charge in [0.1, 0.15) is 18.5 Å². The van der Waals surface area contributed by atoms with E-state index in [-0.39, 0.29) is 19.2 Å². The lowest BCUT2D eigenvalue weighted by Gasteiger charge is -2.19. The number of alkyl halides is 3. The Hall–Kier alpha value is -3.10. The fourth-order valence-electron chi connectivity index (χ4n) is 3.27. The van der Waals surface area contributed by atoms with Gasteiger partial charge in [-0.3, -0.25) is 0 Å². The van der Waals surface area contributed by atoms with Crippen LogP contribution in [0.3, 0.4) is 0 Å². The van der Waals surface area contributed by atoms with Crippen molar-refractivity contribution in [1.82, 2.24) is 10.5 Å². The maximum Gasteiger partial charge on any atom is 0.416 e. The van der Waals surface area contributed by atoms with E-state index in [1.54, 1.807) is 12.1 Å². The van der Waals surface area contributed by atoms with E-state index in [0.29, 0.717) is 23.5 Å². The lowest BCUT2D eigenvalue weighted by atomic mass is 10.0. The third-order valence-electron chi connectivity index (χ3n) is 4.92. The van der Waals surface area contributed by atoms with Crippen molar-refractivity contribution in [2.45, 2.75) is 38.6 Å². The normalized spacial score (nSPS) is 13.9. The predicted octanol–water partition coefficient (Wildman–Crippen LogP) is 5.13. The van der Waals surface area contributed by atoms with E-state index in [4.69, 9.17) is 9.26 Å². The van der Waals surface area contributed by atoms with E-state index >= 15 is 0 Å². The van der Waals surface area contributed by atoms with Crippen LogP contribution in [0.4, 0.5) is 13.2 Å². The molecule has 0 saturated carbocycles. The molecule has 0 aliphatic rings. The topological polar surface area (TPSA) is 67.5 Å². The van der Waals surface area contributed by atoms with Gasteiger partial charge in [-0.2, -0.15) is 13.2 Å². The van der Waals surface area contributed by atoms with E-state index in [2.05, 4.69) is 10.5 Å². The molecule has 2 atom stereocenters. The Kier molecular flexibility index (Phi) is 8.30. The largest absolute Gasteiger partial charge is 0.490 e. The van der Waals surface area contributed by atoms with Gasteiger partial charge in [0, 0.05) is 24.2 Å². The molecule has 5 nitrogen and oxygen atoms in total. The molecular weight excluding hydrogens is 433 g/mol. The van der Waals surface area contributed by atoms with Crippen molar-refractivity contribution in [1.29, 1.82) is 0 Å². The molecule has 33 heavy (non-hydrogen) atoms. The first-order chi connectivity index (χ1) is 15.7. The number of halogens is 3. The number of benzene rings is 2. The van der Waals surface area contributed by atoms with Crippen molar-refractivity contribution in [3.63, 3.8) is 0 Å². The Morgan fingerprint density at radius 2 is 1.91 bits per heavy atom. The third kappa shape index (κ3) is 7.76. The molecule has 0 fully saturated rings. The number of para-hydroxylation sites is 1. The Labute approximate surface area is 190 Å². The summed E-state index contributed by atoms with van der Waals surface area (Å²) in [7, 11) is 0. The highest BCUT2D eigenvalue weighted by atomic mass is 19.4. The molecular formula is C25H27F3N2O3. The molecule has 2 aromatic carbocycles. The Balaban J connectivity index is 1.48. The lowest BCUT2D eigenvalue weighted by Crippen LogP contribution is -2.37. The van der Waals surface area contributed by atoms with Gasteiger partial charge in [-0.05, 0) is 50.1 Å². The van der Waals surface area contributed by atoms with Crippen molar-refractivity contribution >= 4 is 12.2 Å². The molecule has 0 radical (unpaired) electrons. The predicted molar refractivity (Wildman–Crippen MR) is 121 cm³/mol. The first kappa shape index (κ1) is 24.5. The van der Waals surface area contributed by atoms with Gasteiger partial charge in [-0.1, -0.05) is 41.6 Å². The molecule has 2 N–H and O–H groups in total. The summed E-state index contributed by atoms with van der Waals surface area (Å²) >= 11 is 0. The van der Waals surface area contributed by atoms with Crippen LogP contribution in [0.15, 0.2) is 59.1 Å². The van der Waals surface area contributed by atoms with Crippen LogP contribution in [0.25, 0.3) is 12.2 Å². The van der Waals surface area contributed by atoms with Crippen LogP contribution < -0.4 is 10.1 Å². The number of aryl methyl sites for hydroxylation is 1. The number of aliphatic hydroxyl groups is 1. The quantitative estimate of drug-likeness (QED) is 0.439. The zero-order valence-corrected chi connectivity index (χ0v) is 18.5. The minimum Gasteiger partial charge on any atom is -0.490 e. The number of hydrogen-bond acceptors (Lipinski definition) is 5. The molecule has 3 rings (SSSR count). The maximum absolute atomic E-state index is 12.9. The van der Waals surface area contributed by atoms with Gasteiger partial charge in [0.05, 0.1) is 11.3 Å². The minimum absolute atomic E-state index is 0.0650. The number of ether oxygens (including phenoxy) is 1. The zero-order chi connectivity index (χ0) is 23.8. The van der Waals surface area contributed by atoms with Crippen molar-refractivity contribution in [3.05, 3.63) is 82.7 Å². The molecule has 2 unspecified atom stereocenters. The zero-order valence-electron chi connectivity index (χ0n) is 18.5. The number of rotatable bonds is 10. The van der Waals surface area contributed by atoms with Crippen LogP contribution in [0.1, 0.15) is 35.1 Å². The molecule has 1 aromatic heterocycles. The number of nitrogens with one attached hydrogen (secondary N) is 1. The van der Waals surface area contributed by atoms with Gasteiger partial charge >= 0.3 is 6.18 Å². The minimum atomic E-state index is -4.36.